The van der Waals surface area contributed by atoms with E-state index in [0.29, 0.717) is 16.6 Å². The second-order valence-electron chi connectivity index (χ2n) is 5.82. The molecular formula is C18H13Cl3N2O3S. The smallest absolute Gasteiger partial charge is 0.198 e. The number of benzene rings is 2. The lowest BCUT2D eigenvalue weighted by atomic mass is 10.2. The molecule has 0 fully saturated rings. The van der Waals surface area contributed by atoms with E-state index in [1.807, 2.05) is 0 Å². The molecule has 0 atom stereocenters. The molecule has 9 heteroatoms. The first-order valence-electron chi connectivity index (χ1n) is 7.72. The fourth-order valence-corrected chi connectivity index (χ4v) is 4.88. The molecule has 0 saturated heterocycles. The minimum Gasteiger partial charge on any atom is -0.332 e. The van der Waals surface area contributed by atoms with Crippen molar-refractivity contribution in [2.75, 3.05) is 5.75 Å². The number of carbonyl (C=O) groups excluding carboxylic acids is 1. The predicted octanol–water partition coefficient (Wildman–Crippen LogP) is 4.55. The second-order valence-corrected chi connectivity index (χ2v) is 9.06. The molecule has 3 aromatic rings. The Kier molecular flexibility index (Phi) is 5.91. The highest BCUT2D eigenvalue weighted by Crippen LogP contribution is 2.23. The van der Waals surface area contributed by atoms with Crippen molar-refractivity contribution >= 4 is 50.4 Å². The van der Waals surface area contributed by atoms with Crippen LogP contribution in [0, 0.1) is 0 Å². The zero-order chi connectivity index (χ0) is 19.6. The van der Waals surface area contributed by atoms with Gasteiger partial charge in [0.15, 0.2) is 15.6 Å². The average Bonchev–Trinajstić information content (AvgIpc) is 3.02. The number of Topliss-reactive ketones (excluding diaryl/α,β-unsaturated/α-hetero) is 1. The summed E-state index contributed by atoms with van der Waals surface area (Å²) in [4.78, 5) is 16.3. The maximum Gasteiger partial charge on any atom is 0.198 e. The second kappa shape index (κ2) is 8.02. The largest absolute Gasteiger partial charge is 0.332 e. The Morgan fingerprint density at radius 2 is 1.70 bits per heavy atom. The molecule has 1 aromatic heterocycles. The number of hydrogen-bond acceptors (Lipinski definition) is 4. The Morgan fingerprint density at radius 1 is 1.04 bits per heavy atom. The van der Waals surface area contributed by atoms with E-state index in [4.69, 9.17) is 34.8 Å². The molecule has 0 aliphatic heterocycles. The van der Waals surface area contributed by atoms with Gasteiger partial charge in [-0.2, -0.15) is 0 Å². The summed E-state index contributed by atoms with van der Waals surface area (Å²) in [6, 6.07) is 11.1. The van der Waals surface area contributed by atoms with Crippen LogP contribution >= 0.6 is 34.8 Å². The van der Waals surface area contributed by atoms with Gasteiger partial charge in [-0.05, 0) is 35.9 Å². The van der Waals surface area contributed by atoms with Gasteiger partial charge in [-0.3, -0.25) is 4.79 Å². The van der Waals surface area contributed by atoms with Crippen LogP contribution in [0.4, 0.5) is 0 Å². The normalized spacial score (nSPS) is 11.5. The quantitative estimate of drug-likeness (QED) is 0.524. The molecule has 140 valence electrons. The van der Waals surface area contributed by atoms with Crippen molar-refractivity contribution in [3.05, 3.63) is 81.3 Å². The summed E-state index contributed by atoms with van der Waals surface area (Å²) >= 11 is 17.9. The molecule has 5 nitrogen and oxygen atoms in total. The Labute approximate surface area is 171 Å². The van der Waals surface area contributed by atoms with Crippen LogP contribution in [0.5, 0.6) is 0 Å². The Morgan fingerprint density at radius 3 is 2.37 bits per heavy atom. The molecule has 0 N–H and O–H groups in total. The van der Waals surface area contributed by atoms with Gasteiger partial charge >= 0.3 is 0 Å². The van der Waals surface area contributed by atoms with Gasteiger partial charge in [-0.25, -0.2) is 13.4 Å². The molecule has 0 bridgehead atoms. The molecule has 0 aliphatic carbocycles. The molecule has 0 unspecified atom stereocenters. The Hall–Kier alpha value is -1.86. The number of carbonyl (C=O) groups is 1. The number of aromatic nitrogens is 2. The molecule has 0 spiro atoms. The number of rotatable bonds is 6. The highest BCUT2D eigenvalue weighted by atomic mass is 35.5. The van der Waals surface area contributed by atoms with Crippen molar-refractivity contribution in [3.63, 3.8) is 0 Å². The average molecular weight is 444 g/mol. The lowest BCUT2D eigenvalue weighted by molar-refractivity contribution is 0.101. The lowest BCUT2D eigenvalue weighted by Gasteiger charge is -2.05. The standard InChI is InChI=1S/C18H13Cl3N2O3S/c19-13-5-12(6-14(20)7-13)8-23-9-16(22-11-23)17(24)10-27(25,26)18-4-2-1-3-15(18)21/h1-7,9,11H,8,10H2. The summed E-state index contributed by atoms with van der Waals surface area (Å²) in [5, 5.41) is 1.08. The minimum absolute atomic E-state index is 0.0544. The van der Waals surface area contributed by atoms with Crippen LogP contribution in [-0.2, 0) is 16.4 Å². The molecule has 0 radical (unpaired) electrons. The molecule has 27 heavy (non-hydrogen) atoms. The topological polar surface area (TPSA) is 69.0 Å². The van der Waals surface area contributed by atoms with Gasteiger partial charge in [-0.15, -0.1) is 0 Å². The van der Waals surface area contributed by atoms with Gasteiger partial charge < -0.3 is 4.57 Å². The van der Waals surface area contributed by atoms with E-state index in [0.717, 1.165) is 5.56 Å². The van der Waals surface area contributed by atoms with Crippen LogP contribution in [-0.4, -0.2) is 29.5 Å². The van der Waals surface area contributed by atoms with Crippen LogP contribution in [0.2, 0.25) is 15.1 Å². The number of nitrogens with zero attached hydrogens (tertiary/aromatic N) is 2. The SMILES string of the molecule is O=C(CS(=O)(=O)c1ccccc1Cl)c1cn(Cc2cc(Cl)cc(Cl)c2)cn1. The van der Waals surface area contributed by atoms with Gasteiger partial charge in [-0.1, -0.05) is 46.9 Å². The highest BCUT2D eigenvalue weighted by molar-refractivity contribution is 7.92. The van der Waals surface area contributed by atoms with Crippen molar-refractivity contribution in [2.24, 2.45) is 0 Å². The Bertz CT molecular complexity index is 1090. The van der Waals surface area contributed by atoms with Crippen molar-refractivity contribution in [2.45, 2.75) is 11.4 Å². The molecule has 0 amide bonds. The van der Waals surface area contributed by atoms with E-state index in [1.54, 1.807) is 34.9 Å². The van der Waals surface area contributed by atoms with Crippen LogP contribution < -0.4 is 0 Å². The number of hydrogen-bond donors (Lipinski definition) is 0. The van der Waals surface area contributed by atoms with E-state index < -0.39 is 21.4 Å². The molecule has 0 aliphatic rings. The van der Waals surface area contributed by atoms with E-state index in [9.17, 15) is 13.2 Å². The summed E-state index contributed by atoms with van der Waals surface area (Å²) in [5.41, 5.74) is 0.881. The number of halogens is 3. The Balaban J connectivity index is 1.76. The molecule has 2 aromatic carbocycles. The summed E-state index contributed by atoms with van der Waals surface area (Å²) < 4.78 is 26.5. The molecular weight excluding hydrogens is 431 g/mol. The number of imidazole rings is 1. The molecule has 3 rings (SSSR count). The third kappa shape index (κ3) is 4.90. The van der Waals surface area contributed by atoms with Gasteiger partial charge in [0, 0.05) is 22.8 Å². The van der Waals surface area contributed by atoms with Crippen molar-refractivity contribution < 1.29 is 13.2 Å². The fraction of sp³-hybridized carbons (Fsp3) is 0.111. The summed E-state index contributed by atoms with van der Waals surface area (Å²) in [6.45, 7) is 0.387. The van der Waals surface area contributed by atoms with Gasteiger partial charge in [0.1, 0.15) is 11.4 Å². The molecule has 1 heterocycles. The van der Waals surface area contributed by atoms with Crippen LogP contribution in [0.25, 0.3) is 0 Å². The third-order valence-electron chi connectivity index (χ3n) is 3.70. The van der Waals surface area contributed by atoms with E-state index in [1.165, 1.54) is 24.7 Å². The first-order chi connectivity index (χ1) is 12.7. The maximum atomic E-state index is 12.4. The first kappa shape index (κ1) is 19.9. The summed E-state index contributed by atoms with van der Waals surface area (Å²) in [5.74, 6) is -1.32. The van der Waals surface area contributed by atoms with Gasteiger partial charge in [0.2, 0.25) is 0 Å². The number of sulfone groups is 1. The first-order valence-corrected chi connectivity index (χ1v) is 10.5. The van der Waals surface area contributed by atoms with Crippen LogP contribution in [0.3, 0.4) is 0 Å². The lowest BCUT2D eigenvalue weighted by Crippen LogP contribution is -2.17. The predicted molar refractivity (Wildman–Crippen MR) is 106 cm³/mol. The van der Waals surface area contributed by atoms with E-state index in [2.05, 4.69) is 4.98 Å². The van der Waals surface area contributed by atoms with Crippen molar-refractivity contribution in [1.29, 1.82) is 0 Å². The highest BCUT2D eigenvalue weighted by Gasteiger charge is 2.23. The van der Waals surface area contributed by atoms with Crippen LogP contribution in [0.15, 0.2) is 59.9 Å². The molecule has 0 saturated carbocycles. The monoisotopic (exact) mass is 442 g/mol. The zero-order valence-corrected chi connectivity index (χ0v) is 16.9. The van der Waals surface area contributed by atoms with E-state index in [-0.39, 0.29) is 15.6 Å². The van der Waals surface area contributed by atoms with Crippen molar-refractivity contribution in [3.8, 4) is 0 Å². The fourth-order valence-electron chi connectivity index (χ4n) is 2.52. The zero-order valence-electron chi connectivity index (χ0n) is 13.8. The van der Waals surface area contributed by atoms with E-state index >= 15 is 0 Å². The summed E-state index contributed by atoms with van der Waals surface area (Å²) in [6.07, 6.45) is 2.93. The third-order valence-corrected chi connectivity index (χ3v) is 6.25. The van der Waals surface area contributed by atoms with Crippen molar-refractivity contribution in [1.82, 2.24) is 9.55 Å². The van der Waals surface area contributed by atoms with Gasteiger partial charge in [0.05, 0.1) is 16.2 Å². The number of ketones is 1. The van der Waals surface area contributed by atoms with Crippen LogP contribution in [0.1, 0.15) is 16.1 Å². The van der Waals surface area contributed by atoms with Gasteiger partial charge in [0.25, 0.3) is 0 Å². The maximum absolute atomic E-state index is 12.4. The minimum atomic E-state index is -3.86. The summed E-state index contributed by atoms with van der Waals surface area (Å²) in [7, 11) is -3.86.